The average molecular weight is 946 g/mol. The molecule has 0 amide bonds. The summed E-state index contributed by atoms with van der Waals surface area (Å²) in [5, 5.41) is 10.1. The summed E-state index contributed by atoms with van der Waals surface area (Å²) < 4.78 is 49.4. The Kier molecular flexibility index (Phi) is 11.8. The predicted molar refractivity (Wildman–Crippen MR) is 447 cm³/mol. The molecule has 2 aromatic heterocycles. The normalized spacial score (nSPS) is 14.0. The number of hydrogen-bond acceptors (Lipinski definition) is 10. The van der Waals surface area contributed by atoms with Crippen LogP contribution in [0.5, 0.6) is 23.1 Å². The molecule has 0 aliphatic carbocycles. The van der Waals surface area contributed by atoms with Crippen LogP contribution in [0.1, 0.15) is 255 Å². The van der Waals surface area contributed by atoms with E-state index in [9.17, 15) is 13.5 Å². The summed E-state index contributed by atoms with van der Waals surface area (Å²) in [7, 11) is -4.26. The van der Waals surface area contributed by atoms with Crippen LogP contribution in [-0.4, -0.2) is 52.3 Å². The van der Waals surface area contributed by atoms with Crippen molar-refractivity contribution in [2.45, 2.75) is 105 Å². The molecule has 0 saturated carbocycles. The number of ether oxygens (including phenoxy) is 3. The number of sulfonamides is 1. The fraction of sp³-hybridized carbons (Fsp3) is 0.474. The second-order valence-electron chi connectivity index (χ2n) is 14.2. The minimum absolute atomic E-state index is 0. The van der Waals surface area contributed by atoms with E-state index in [1.165, 1.54) is 0 Å². The highest BCUT2D eigenvalue weighted by Crippen LogP contribution is 2.51. The first-order valence-electron chi connectivity index (χ1n) is 17.0. The lowest BCUT2D eigenvalue weighted by molar-refractivity contribution is 0.115. The summed E-state index contributed by atoms with van der Waals surface area (Å²) in [5.74, 6) is 0.675. The molecule has 2 unspecified atom stereocenters. The molecule has 2 aromatic carbocycles. The van der Waals surface area contributed by atoms with Gasteiger partial charge in [-0.15, -0.1) is 0 Å². The zero-order chi connectivity index (χ0) is 37.0. The molecule has 4 rings (SSSR count). The topological polar surface area (TPSA) is 146 Å². The standard InChI is InChI=1S/C38H51N5O6S.119H2/c1-12-38(23(2)3,37(9,10)11)29-18-17-28(21-25(29)6)50(45,46)43-33-32(49-31-16-14-13-15-30(31)48-24(4)5)36(47-22-27(8)44)42-35(41-33)34-39-20-19-26(7)40-34;;;;;;;;;;;;;;;;;;;;;;;;;;;;;;;;;;;;;;;;;;;;;;;;;;;;;;;;;;;;;;;;;;;;;;;;;;;;;;;;;;;;;;;;;;;;;;;;;;;;;;;;;;;;;;;;;;;;;;;/h13-21,23-24,27,44H,12,22H2,1-11H3,(H,41,42,43);119*1H. The first-order valence-corrected chi connectivity index (χ1v) is 18.5. The Balaban J connectivity index is -0.00000000207. The van der Waals surface area contributed by atoms with Crippen molar-refractivity contribution in [1.29, 1.82) is 0 Å². The van der Waals surface area contributed by atoms with Gasteiger partial charge < -0.3 is 19.3 Å². The van der Waals surface area contributed by atoms with Crippen molar-refractivity contribution in [3.63, 3.8) is 0 Å². The third kappa shape index (κ3) is 8.35. The fourth-order valence-corrected chi connectivity index (χ4v) is 7.83. The maximum absolute atomic E-state index is 14.2. The molecule has 0 radical (unpaired) electrons. The monoisotopic (exact) mass is 945 g/mol. The van der Waals surface area contributed by atoms with Gasteiger partial charge in [0.2, 0.25) is 11.6 Å². The Morgan fingerprint density at radius 1 is 0.920 bits per heavy atom. The second kappa shape index (κ2) is 15.3. The lowest BCUT2D eigenvalue weighted by Gasteiger charge is -2.49. The third-order valence-corrected chi connectivity index (χ3v) is 10.2. The van der Waals surface area contributed by atoms with Crippen LogP contribution in [0.2, 0.25) is 0 Å². The first-order chi connectivity index (χ1) is 23.4. The molecule has 0 bridgehead atoms. The van der Waals surface area contributed by atoms with Crippen molar-refractivity contribution in [3.05, 3.63) is 71.5 Å². The van der Waals surface area contributed by atoms with E-state index in [-0.39, 0.29) is 233 Å². The van der Waals surface area contributed by atoms with Gasteiger partial charge in [-0.2, -0.15) is 4.98 Å². The van der Waals surface area contributed by atoms with Gasteiger partial charge in [-0.05, 0) is 93.8 Å². The van der Waals surface area contributed by atoms with Crippen LogP contribution in [0.25, 0.3) is 11.6 Å². The van der Waals surface area contributed by atoms with E-state index in [0.29, 0.717) is 17.4 Å². The van der Waals surface area contributed by atoms with Gasteiger partial charge in [-0.25, -0.2) is 23.4 Å². The van der Waals surface area contributed by atoms with Crippen LogP contribution in [0.3, 0.4) is 0 Å². The maximum atomic E-state index is 14.2. The lowest BCUT2D eigenvalue weighted by atomic mass is 9.55. The quantitative estimate of drug-likeness (QED) is 0.125. The van der Waals surface area contributed by atoms with Crippen LogP contribution in [0.15, 0.2) is 59.6 Å². The molecular weight excluding hydrogens is 655 g/mol. The third-order valence-electron chi connectivity index (χ3n) is 8.82. The summed E-state index contributed by atoms with van der Waals surface area (Å²) in [6.07, 6.45) is 1.40. The van der Waals surface area contributed by atoms with Crippen LogP contribution in [0, 0.1) is 25.2 Å². The number of rotatable bonds is 14. The minimum atomic E-state index is -4.26. The zero-order valence-electron chi connectivity index (χ0n) is 31.0. The SMILES string of the molecule is CCC(c1ccc(S(=O)(=O)Nc2nc(-c3nccc(C)n3)nc(OCC(C)O)c2Oc2ccccc2OC(C)C)cc1C)(C(C)C)C(C)(C)C.[HH].[HH].[HH].[HH].[HH].[HH].[HH].[HH].[HH].[HH].[HH].[HH].[HH].[HH].[HH].[HH].[HH].[HH].[HH].[HH].[HH].[HH].[HH].[HH].[HH].[HH].[HH].[HH].[HH].[HH].[HH].[HH].[HH].[HH].[HH].[HH].[HH].[HH].[HH].[HH].[HH].[HH].[HH].[HH].[HH].[HH].[HH].[HH].[HH].[HH].[HH].[HH].[HH].[HH].[HH].[HH].[HH].[HH].[HH].[HH].[HH].[HH].[HH].[HH].[HH].[HH].[HH].[HH].[HH].[HH].[HH].[HH].[HH].[HH].[HH].[HH].[HH].[HH].[HH].[HH].[HH].[HH].[HH].[HH].[HH].[HH].[HH].[HH].[HH].[HH].[HH].[HH].[HH].[HH].[HH].[HH].[HH].[HH].[HH].[HH].[HH].[HH].[HH].[HH].[HH].[HH].[HH].[HH].[HH].[HH].[HH].[HH].[HH].[HH].[HH].[HH].[HH].[HH].[HH]. The van der Waals surface area contributed by atoms with Gasteiger partial charge in [0.25, 0.3) is 15.9 Å². The molecule has 2 atom stereocenters. The summed E-state index contributed by atoms with van der Waals surface area (Å²) in [5.41, 5.74) is 2.36. The molecule has 2 N–H and O–H groups in total. The molecule has 2 heterocycles. The summed E-state index contributed by atoms with van der Waals surface area (Å²) in [4.78, 5) is 17.9. The minimum Gasteiger partial charge on any atom is -0.487 e. The fourth-order valence-electron chi connectivity index (χ4n) is 6.74. The lowest BCUT2D eigenvalue weighted by Crippen LogP contribution is -2.44. The summed E-state index contributed by atoms with van der Waals surface area (Å²) in [6, 6.07) is 13.9. The van der Waals surface area contributed by atoms with E-state index in [2.05, 4.69) is 66.2 Å². The number of para-hydroxylation sites is 2. The smallest absolute Gasteiger partial charge is 0.264 e. The van der Waals surface area contributed by atoms with Gasteiger partial charge in [0, 0.05) is 187 Å². The molecule has 11 nitrogen and oxygen atoms in total. The van der Waals surface area contributed by atoms with Crippen LogP contribution >= 0.6 is 0 Å². The summed E-state index contributed by atoms with van der Waals surface area (Å²) in [6.45, 7) is 22.2. The van der Waals surface area contributed by atoms with Crippen molar-refractivity contribution < 1.29 is 198 Å². The molecule has 508 valence electrons. The van der Waals surface area contributed by atoms with Crippen molar-refractivity contribution >= 4 is 15.8 Å². The van der Waals surface area contributed by atoms with E-state index in [0.717, 1.165) is 17.5 Å². The Morgan fingerprint density at radius 3 is 2.16 bits per heavy atom. The second-order valence-corrected chi connectivity index (χ2v) is 15.9. The van der Waals surface area contributed by atoms with E-state index < -0.39 is 16.1 Å². The maximum Gasteiger partial charge on any atom is 0.264 e. The van der Waals surface area contributed by atoms with E-state index in [4.69, 9.17) is 14.2 Å². The predicted octanol–water partition coefficient (Wildman–Crippen LogP) is 37.3. The number of aliphatic hydroxyl groups excluding tert-OH is 1. The molecule has 12 heteroatoms. The average Bonchev–Trinajstić information content (AvgIpc) is 3.01. The number of hydrogen-bond donors (Lipinski definition) is 2. The van der Waals surface area contributed by atoms with Crippen molar-refractivity contribution in [2.24, 2.45) is 11.3 Å². The highest BCUT2D eigenvalue weighted by Gasteiger charge is 2.45. The Bertz CT molecular complexity index is 2050. The van der Waals surface area contributed by atoms with E-state index in [1.54, 1.807) is 62.5 Å². The van der Waals surface area contributed by atoms with Crippen molar-refractivity contribution in [2.75, 3.05) is 11.3 Å². The number of benzene rings is 2. The van der Waals surface area contributed by atoms with Crippen molar-refractivity contribution in [3.8, 4) is 34.8 Å². The number of nitrogens with zero attached hydrogens (tertiary/aromatic N) is 4. The Hall–Kier alpha value is -4.29. The van der Waals surface area contributed by atoms with Gasteiger partial charge >= 0.3 is 0 Å². The molecule has 4 aromatic rings. The number of aromatic nitrogens is 4. The molecule has 0 fully saturated rings. The van der Waals surface area contributed by atoms with Crippen LogP contribution in [-0.2, 0) is 15.4 Å². The number of aliphatic hydroxyl groups is 1. The number of nitrogens with one attached hydrogen (secondary N) is 1. The molecule has 0 aliphatic heterocycles. The van der Waals surface area contributed by atoms with Crippen LogP contribution < -0.4 is 18.9 Å². The molecule has 0 aliphatic rings. The highest BCUT2D eigenvalue weighted by molar-refractivity contribution is 7.92. The molecular formula is C38H289N5O6S. The van der Waals surface area contributed by atoms with Crippen LogP contribution in [0.4, 0.5) is 5.82 Å². The molecule has 0 saturated heterocycles. The van der Waals surface area contributed by atoms with Gasteiger partial charge in [0.05, 0.1) is 17.1 Å². The number of anilines is 1. The zero-order valence-corrected chi connectivity index (χ0v) is 31.8. The van der Waals surface area contributed by atoms with E-state index in [1.807, 2.05) is 26.8 Å². The number of aryl methyl sites for hydroxylation is 2. The molecule has 50 heavy (non-hydrogen) atoms. The molecule has 0 spiro atoms. The summed E-state index contributed by atoms with van der Waals surface area (Å²) >= 11 is 0. The Morgan fingerprint density at radius 2 is 1.60 bits per heavy atom. The van der Waals surface area contributed by atoms with Gasteiger partial charge in [-0.1, -0.05) is 59.7 Å². The first kappa shape index (κ1) is 38.5. The largest absolute Gasteiger partial charge is 0.487 e. The highest BCUT2D eigenvalue weighted by atomic mass is 32.2. The van der Waals surface area contributed by atoms with Crippen molar-refractivity contribution in [1.82, 2.24) is 19.9 Å². The van der Waals surface area contributed by atoms with Gasteiger partial charge in [-0.3, -0.25) is 4.72 Å². The van der Waals surface area contributed by atoms with Gasteiger partial charge in [0.1, 0.15) is 6.61 Å². The Labute approximate surface area is 473 Å². The van der Waals surface area contributed by atoms with E-state index >= 15 is 0 Å². The van der Waals surface area contributed by atoms with Gasteiger partial charge in [0.15, 0.2) is 23.1 Å².